The van der Waals surface area contributed by atoms with Gasteiger partial charge in [0.25, 0.3) is 11.6 Å². The lowest BCUT2D eigenvalue weighted by molar-refractivity contribution is -0.384. The minimum absolute atomic E-state index is 0.0362. The summed E-state index contributed by atoms with van der Waals surface area (Å²) in [6.07, 6.45) is 1.29. The number of amides is 1. The number of ether oxygens (including phenoxy) is 2. The van der Waals surface area contributed by atoms with E-state index in [4.69, 9.17) is 9.47 Å². The van der Waals surface area contributed by atoms with Gasteiger partial charge in [-0.1, -0.05) is 0 Å². The van der Waals surface area contributed by atoms with E-state index in [0.29, 0.717) is 15.6 Å². The number of methoxy groups -OCH3 is 1. The number of rotatable bonds is 7. The maximum atomic E-state index is 14.3. The van der Waals surface area contributed by atoms with E-state index in [-0.39, 0.29) is 40.1 Å². The zero-order valence-corrected chi connectivity index (χ0v) is 21.5. The van der Waals surface area contributed by atoms with E-state index < -0.39 is 45.6 Å². The Morgan fingerprint density at radius 1 is 1.03 bits per heavy atom. The standard InChI is InChI=1S/C25H15BrF5N3O5/c1-11-15(25(35)33(32-11)23-21(30)19(28)18(27)20(29)22(23)31)7-13-8-16(26)24(17(9-13)38-2)39-10-12-3-5-14(6-4-12)34(36)37/h3-9H,10H2,1-2H3/b15-7+. The number of non-ortho nitro benzene ring substituents is 1. The van der Waals surface area contributed by atoms with Crippen LogP contribution < -0.4 is 14.5 Å². The number of anilines is 1. The van der Waals surface area contributed by atoms with Crippen molar-refractivity contribution in [3.05, 3.63) is 96.8 Å². The minimum Gasteiger partial charge on any atom is -0.493 e. The molecule has 3 aromatic carbocycles. The molecule has 0 saturated heterocycles. The molecule has 1 aliphatic heterocycles. The van der Waals surface area contributed by atoms with Gasteiger partial charge in [-0.15, -0.1) is 0 Å². The normalized spacial score (nSPS) is 14.2. The molecule has 0 aromatic heterocycles. The van der Waals surface area contributed by atoms with Crippen LogP contribution in [-0.2, 0) is 11.4 Å². The van der Waals surface area contributed by atoms with Crippen LogP contribution in [0, 0.1) is 39.2 Å². The average molecular weight is 612 g/mol. The van der Waals surface area contributed by atoms with Gasteiger partial charge in [0.15, 0.2) is 34.8 Å². The number of nitrogens with zero attached hydrogens (tertiary/aromatic N) is 3. The molecule has 0 unspecified atom stereocenters. The molecule has 0 spiro atoms. The van der Waals surface area contributed by atoms with Gasteiger partial charge in [0, 0.05) is 12.1 Å². The molecular weight excluding hydrogens is 597 g/mol. The molecule has 0 saturated carbocycles. The Kier molecular flexibility index (Phi) is 7.67. The molecule has 8 nitrogen and oxygen atoms in total. The number of benzene rings is 3. The van der Waals surface area contributed by atoms with Gasteiger partial charge in [-0.3, -0.25) is 14.9 Å². The average Bonchev–Trinajstić information content (AvgIpc) is 3.18. The topological polar surface area (TPSA) is 94.3 Å². The molecule has 0 bridgehead atoms. The summed E-state index contributed by atoms with van der Waals surface area (Å²) in [4.78, 5) is 23.2. The largest absolute Gasteiger partial charge is 0.493 e. The van der Waals surface area contributed by atoms with Gasteiger partial charge in [-0.2, -0.15) is 10.1 Å². The summed E-state index contributed by atoms with van der Waals surface area (Å²) in [7, 11) is 1.36. The van der Waals surface area contributed by atoms with Gasteiger partial charge in [0.2, 0.25) is 5.82 Å². The fourth-order valence-electron chi connectivity index (χ4n) is 3.61. The number of carbonyl (C=O) groups is 1. The van der Waals surface area contributed by atoms with Crippen molar-refractivity contribution in [2.24, 2.45) is 5.10 Å². The lowest BCUT2D eigenvalue weighted by atomic mass is 10.1. The fourth-order valence-corrected chi connectivity index (χ4v) is 4.19. The summed E-state index contributed by atoms with van der Waals surface area (Å²) in [5.41, 5.74) is -0.803. The molecule has 0 atom stereocenters. The first kappa shape index (κ1) is 27.7. The molecule has 1 aliphatic rings. The second-order valence-corrected chi connectivity index (χ2v) is 8.88. The van der Waals surface area contributed by atoms with Crippen molar-refractivity contribution < 1.29 is 41.1 Å². The molecule has 1 amide bonds. The minimum atomic E-state index is -2.36. The zero-order chi connectivity index (χ0) is 28.6. The van der Waals surface area contributed by atoms with E-state index in [1.54, 1.807) is 0 Å². The number of hydrazone groups is 1. The third kappa shape index (κ3) is 5.19. The van der Waals surface area contributed by atoms with E-state index in [1.165, 1.54) is 56.5 Å². The Morgan fingerprint density at radius 2 is 1.62 bits per heavy atom. The predicted octanol–water partition coefficient (Wildman–Crippen LogP) is 6.45. The molecule has 1 heterocycles. The summed E-state index contributed by atoms with van der Waals surface area (Å²) >= 11 is 3.35. The third-order valence-electron chi connectivity index (χ3n) is 5.55. The van der Waals surface area contributed by atoms with Crippen molar-refractivity contribution in [3.8, 4) is 11.5 Å². The third-order valence-corrected chi connectivity index (χ3v) is 6.14. The maximum Gasteiger partial charge on any atom is 0.280 e. The maximum absolute atomic E-state index is 14.3. The van der Waals surface area contributed by atoms with Gasteiger partial charge in [-0.25, -0.2) is 22.0 Å². The van der Waals surface area contributed by atoms with Crippen LogP contribution in [-0.4, -0.2) is 23.7 Å². The van der Waals surface area contributed by atoms with Crippen LogP contribution in [0.3, 0.4) is 0 Å². The molecule has 39 heavy (non-hydrogen) atoms. The van der Waals surface area contributed by atoms with Crippen LogP contribution in [0.5, 0.6) is 11.5 Å². The summed E-state index contributed by atoms with van der Waals surface area (Å²) < 4.78 is 80.9. The highest BCUT2D eigenvalue weighted by Crippen LogP contribution is 2.39. The Bertz CT molecular complexity index is 1550. The van der Waals surface area contributed by atoms with Crippen LogP contribution in [0.2, 0.25) is 0 Å². The van der Waals surface area contributed by atoms with E-state index in [9.17, 15) is 36.9 Å². The predicted molar refractivity (Wildman–Crippen MR) is 133 cm³/mol. The van der Waals surface area contributed by atoms with Crippen molar-refractivity contribution in [2.45, 2.75) is 13.5 Å². The smallest absolute Gasteiger partial charge is 0.280 e. The molecule has 0 aliphatic carbocycles. The monoisotopic (exact) mass is 611 g/mol. The molecule has 0 fully saturated rings. The van der Waals surface area contributed by atoms with Gasteiger partial charge in [0.05, 0.1) is 27.8 Å². The summed E-state index contributed by atoms with van der Waals surface area (Å²) in [5.74, 6) is -11.8. The second-order valence-electron chi connectivity index (χ2n) is 8.03. The first-order valence-corrected chi connectivity index (χ1v) is 11.6. The molecule has 14 heteroatoms. The second kappa shape index (κ2) is 10.8. The highest BCUT2D eigenvalue weighted by molar-refractivity contribution is 9.10. The number of hydrogen-bond donors (Lipinski definition) is 0. The summed E-state index contributed by atoms with van der Waals surface area (Å²) in [6.45, 7) is 1.36. The highest BCUT2D eigenvalue weighted by Gasteiger charge is 2.37. The van der Waals surface area contributed by atoms with Crippen LogP contribution in [0.25, 0.3) is 6.08 Å². The van der Waals surface area contributed by atoms with Gasteiger partial charge < -0.3 is 9.47 Å². The number of carbonyl (C=O) groups excluding carboxylic acids is 1. The zero-order valence-electron chi connectivity index (χ0n) is 19.9. The quantitative estimate of drug-likeness (QED) is 0.0764. The van der Waals surface area contributed by atoms with E-state index >= 15 is 0 Å². The van der Waals surface area contributed by atoms with Crippen molar-refractivity contribution in [2.75, 3.05) is 12.1 Å². The van der Waals surface area contributed by atoms with Gasteiger partial charge in [-0.05, 0) is 64.3 Å². The van der Waals surface area contributed by atoms with E-state index in [1.807, 2.05) is 0 Å². The van der Waals surface area contributed by atoms with Crippen LogP contribution in [0.1, 0.15) is 18.1 Å². The number of halogens is 6. The number of nitro groups is 1. The Labute approximate surface area is 225 Å². The van der Waals surface area contributed by atoms with Gasteiger partial charge >= 0.3 is 0 Å². The van der Waals surface area contributed by atoms with Crippen molar-refractivity contribution in [1.82, 2.24) is 0 Å². The first-order chi connectivity index (χ1) is 18.4. The Hall–Kier alpha value is -4.33. The summed E-state index contributed by atoms with van der Waals surface area (Å²) in [6, 6.07) is 8.73. The molecule has 3 aromatic rings. The van der Waals surface area contributed by atoms with Crippen molar-refractivity contribution in [3.63, 3.8) is 0 Å². The van der Waals surface area contributed by atoms with Crippen molar-refractivity contribution in [1.29, 1.82) is 0 Å². The van der Waals surface area contributed by atoms with Crippen LogP contribution >= 0.6 is 15.9 Å². The highest BCUT2D eigenvalue weighted by atomic mass is 79.9. The van der Waals surface area contributed by atoms with Gasteiger partial charge in [0.1, 0.15) is 12.3 Å². The Balaban J connectivity index is 1.62. The number of hydrogen-bond acceptors (Lipinski definition) is 6. The molecule has 0 N–H and O–H groups in total. The summed E-state index contributed by atoms with van der Waals surface area (Å²) in [5, 5.41) is 14.6. The molecule has 0 radical (unpaired) electrons. The fraction of sp³-hybridized carbons (Fsp3) is 0.120. The number of nitro benzene ring substituents is 1. The Morgan fingerprint density at radius 3 is 2.18 bits per heavy atom. The molecule has 202 valence electrons. The van der Waals surface area contributed by atoms with Crippen LogP contribution in [0.15, 0.2) is 51.5 Å². The van der Waals surface area contributed by atoms with E-state index in [2.05, 4.69) is 21.0 Å². The SMILES string of the molecule is COc1cc(/C=C2/C(=O)N(c3c(F)c(F)c(F)c(F)c3F)N=C2C)cc(Br)c1OCc1ccc([N+](=O)[O-])cc1. The lowest BCUT2D eigenvalue weighted by Gasteiger charge is -2.15. The first-order valence-electron chi connectivity index (χ1n) is 10.8. The van der Waals surface area contributed by atoms with Crippen molar-refractivity contribution >= 4 is 45.0 Å². The molecular formula is C25H15BrF5N3O5. The van der Waals surface area contributed by atoms with Crippen LogP contribution in [0.4, 0.5) is 33.3 Å². The molecule has 4 rings (SSSR count). The van der Waals surface area contributed by atoms with E-state index in [0.717, 1.165) is 0 Å². The lowest BCUT2D eigenvalue weighted by Crippen LogP contribution is -2.25.